The predicted molar refractivity (Wildman–Crippen MR) is 76.8 cm³/mol. The summed E-state index contributed by atoms with van der Waals surface area (Å²) < 4.78 is 6.66. The third-order valence-electron chi connectivity index (χ3n) is 3.59. The molecule has 0 amide bonds. The van der Waals surface area contributed by atoms with E-state index in [0.717, 1.165) is 10.9 Å². The summed E-state index contributed by atoms with van der Waals surface area (Å²) in [6, 6.07) is 3.66. The number of hydrogen-bond donors (Lipinski definition) is 1. The van der Waals surface area contributed by atoms with Gasteiger partial charge in [-0.05, 0) is 30.5 Å². The highest BCUT2D eigenvalue weighted by atomic mass is 16.5. The van der Waals surface area contributed by atoms with E-state index in [4.69, 9.17) is 4.74 Å². The number of rotatable bonds is 3. The first-order valence-electron chi connectivity index (χ1n) is 6.36. The van der Waals surface area contributed by atoms with Gasteiger partial charge < -0.3 is 14.4 Å². The van der Waals surface area contributed by atoms with Crippen molar-refractivity contribution in [3.8, 4) is 5.75 Å². The molecule has 0 radical (unpaired) electrons. The van der Waals surface area contributed by atoms with E-state index < -0.39 is 11.5 Å². The lowest BCUT2D eigenvalue weighted by atomic mass is 9.97. The van der Waals surface area contributed by atoms with Crippen LogP contribution in [0.1, 0.15) is 28.4 Å². The summed E-state index contributed by atoms with van der Waals surface area (Å²) in [6.45, 7) is 3.75. The molecule has 0 bridgehead atoms. The van der Waals surface area contributed by atoms with Crippen LogP contribution >= 0.6 is 0 Å². The van der Waals surface area contributed by atoms with Crippen LogP contribution in [0.4, 0.5) is 0 Å². The minimum Gasteiger partial charge on any atom is -0.495 e. The zero-order valence-corrected chi connectivity index (χ0v) is 12.0. The fourth-order valence-corrected chi connectivity index (χ4v) is 2.65. The number of ether oxygens (including phenoxy) is 1. The average molecular weight is 275 g/mol. The molecule has 106 valence electrons. The molecule has 1 heterocycles. The standard InChI is InChI=1S/C15H17NO4/c1-5-9-11-8(2)6-7-10(20-4)13(11)16(3)14(17)12(9)15(18)19/h6-7H,5H2,1-4H3,(H,18,19). The molecule has 0 aliphatic rings. The number of fused-ring (bicyclic) bond motifs is 1. The van der Waals surface area contributed by atoms with Crippen LogP contribution in [0.5, 0.6) is 5.75 Å². The minimum atomic E-state index is -1.19. The molecule has 5 heteroatoms. The second-order valence-electron chi connectivity index (χ2n) is 4.68. The largest absolute Gasteiger partial charge is 0.495 e. The lowest BCUT2D eigenvalue weighted by molar-refractivity contribution is 0.0693. The number of carboxylic acid groups (broad SMARTS) is 1. The first-order chi connectivity index (χ1) is 9.43. The van der Waals surface area contributed by atoms with Crippen molar-refractivity contribution in [1.82, 2.24) is 4.57 Å². The van der Waals surface area contributed by atoms with Gasteiger partial charge in [0.25, 0.3) is 5.56 Å². The Morgan fingerprint density at radius 1 is 1.40 bits per heavy atom. The Morgan fingerprint density at radius 3 is 2.55 bits per heavy atom. The van der Waals surface area contributed by atoms with Crippen molar-refractivity contribution >= 4 is 16.9 Å². The lowest BCUT2D eigenvalue weighted by Crippen LogP contribution is -2.27. The maximum Gasteiger partial charge on any atom is 0.341 e. The molecular formula is C15H17NO4. The molecule has 0 atom stereocenters. The molecule has 2 rings (SSSR count). The molecule has 0 spiro atoms. The smallest absolute Gasteiger partial charge is 0.341 e. The molecule has 2 aromatic rings. The molecule has 0 aliphatic heterocycles. The van der Waals surface area contributed by atoms with E-state index in [1.54, 1.807) is 13.1 Å². The van der Waals surface area contributed by atoms with Crippen LogP contribution in [0.25, 0.3) is 10.9 Å². The van der Waals surface area contributed by atoms with Crippen LogP contribution in [-0.2, 0) is 13.5 Å². The first-order valence-corrected chi connectivity index (χ1v) is 6.36. The molecule has 0 saturated carbocycles. The summed E-state index contributed by atoms with van der Waals surface area (Å²) in [4.78, 5) is 23.7. The highest BCUT2D eigenvalue weighted by molar-refractivity contribution is 5.99. The Morgan fingerprint density at radius 2 is 2.05 bits per heavy atom. The molecule has 1 N–H and O–H groups in total. The zero-order valence-electron chi connectivity index (χ0n) is 12.0. The van der Waals surface area contributed by atoms with E-state index in [9.17, 15) is 14.7 Å². The number of aryl methyl sites for hydroxylation is 3. The minimum absolute atomic E-state index is 0.154. The number of nitrogens with zero attached hydrogens (tertiary/aromatic N) is 1. The van der Waals surface area contributed by atoms with Crippen LogP contribution in [0.3, 0.4) is 0 Å². The monoisotopic (exact) mass is 275 g/mol. The Labute approximate surface area is 116 Å². The molecule has 0 aliphatic carbocycles. The summed E-state index contributed by atoms with van der Waals surface area (Å²) in [5.74, 6) is -0.622. The number of pyridine rings is 1. The molecule has 0 saturated heterocycles. The Kier molecular flexibility index (Phi) is 3.53. The SMILES string of the molecule is CCc1c(C(=O)O)c(=O)n(C)c2c(OC)ccc(C)c12. The molecule has 0 unspecified atom stereocenters. The van der Waals surface area contributed by atoms with Gasteiger partial charge in [0.15, 0.2) is 0 Å². The fraction of sp³-hybridized carbons (Fsp3) is 0.333. The number of aromatic nitrogens is 1. The molecule has 5 nitrogen and oxygen atoms in total. The summed E-state index contributed by atoms with van der Waals surface area (Å²) in [6.07, 6.45) is 0.474. The van der Waals surface area contributed by atoms with Crippen molar-refractivity contribution in [3.05, 3.63) is 39.2 Å². The normalized spacial score (nSPS) is 10.8. The zero-order chi connectivity index (χ0) is 15.0. The van der Waals surface area contributed by atoms with Gasteiger partial charge in [0, 0.05) is 12.4 Å². The van der Waals surface area contributed by atoms with Gasteiger partial charge in [0.05, 0.1) is 12.6 Å². The van der Waals surface area contributed by atoms with Crippen LogP contribution in [-0.4, -0.2) is 22.8 Å². The number of hydrogen-bond acceptors (Lipinski definition) is 3. The Balaban J connectivity index is 3.17. The van der Waals surface area contributed by atoms with E-state index in [-0.39, 0.29) is 5.56 Å². The number of methoxy groups -OCH3 is 1. The van der Waals surface area contributed by atoms with E-state index in [2.05, 4.69) is 0 Å². The van der Waals surface area contributed by atoms with Crippen molar-refractivity contribution in [3.63, 3.8) is 0 Å². The topological polar surface area (TPSA) is 68.5 Å². The quantitative estimate of drug-likeness (QED) is 0.931. The van der Waals surface area contributed by atoms with Gasteiger partial charge in [-0.25, -0.2) is 4.79 Å². The summed E-state index contributed by atoms with van der Waals surface area (Å²) in [7, 11) is 3.10. The Bertz CT molecular complexity index is 759. The maximum atomic E-state index is 12.3. The number of carbonyl (C=O) groups is 1. The van der Waals surface area contributed by atoms with Crippen LogP contribution in [0.2, 0.25) is 0 Å². The lowest BCUT2D eigenvalue weighted by Gasteiger charge is -2.16. The molecule has 1 aromatic heterocycles. The third-order valence-corrected chi connectivity index (χ3v) is 3.59. The number of aromatic carboxylic acids is 1. The summed E-state index contributed by atoms with van der Waals surface area (Å²) in [5.41, 5.74) is 1.46. The highest BCUT2D eigenvalue weighted by Gasteiger charge is 2.22. The van der Waals surface area contributed by atoms with E-state index in [1.165, 1.54) is 11.7 Å². The summed E-state index contributed by atoms with van der Waals surface area (Å²) >= 11 is 0. The number of carboxylic acids is 1. The van der Waals surface area contributed by atoms with Crippen LogP contribution in [0.15, 0.2) is 16.9 Å². The van der Waals surface area contributed by atoms with Crippen LogP contribution in [0, 0.1) is 6.92 Å². The summed E-state index contributed by atoms with van der Waals surface area (Å²) in [5, 5.41) is 10.1. The van der Waals surface area contributed by atoms with Gasteiger partial charge in [0.2, 0.25) is 0 Å². The Hall–Kier alpha value is -2.30. The van der Waals surface area contributed by atoms with Gasteiger partial charge in [0.1, 0.15) is 11.3 Å². The third kappa shape index (κ3) is 1.86. The molecular weight excluding hydrogens is 258 g/mol. The second-order valence-corrected chi connectivity index (χ2v) is 4.68. The van der Waals surface area contributed by atoms with Crippen molar-refractivity contribution < 1.29 is 14.6 Å². The molecule has 0 fully saturated rings. The van der Waals surface area contributed by atoms with E-state index in [0.29, 0.717) is 23.3 Å². The van der Waals surface area contributed by atoms with E-state index in [1.807, 2.05) is 19.9 Å². The van der Waals surface area contributed by atoms with E-state index >= 15 is 0 Å². The van der Waals surface area contributed by atoms with Crippen molar-refractivity contribution in [2.75, 3.05) is 7.11 Å². The van der Waals surface area contributed by atoms with Gasteiger partial charge in [-0.2, -0.15) is 0 Å². The molecule has 20 heavy (non-hydrogen) atoms. The van der Waals surface area contributed by atoms with Gasteiger partial charge >= 0.3 is 5.97 Å². The fourth-order valence-electron chi connectivity index (χ4n) is 2.65. The van der Waals surface area contributed by atoms with Crippen molar-refractivity contribution in [2.24, 2.45) is 7.05 Å². The number of benzene rings is 1. The first kappa shape index (κ1) is 14.1. The maximum absolute atomic E-state index is 12.3. The van der Waals surface area contributed by atoms with Gasteiger partial charge in [-0.1, -0.05) is 13.0 Å². The van der Waals surface area contributed by atoms with Crippen molar-refractivity contribution in [2.45, 2.75) is 20.3 Å². The predicted octanol–water partition coefficient (Wildman–Crippen LogP) is 2.12. The van der Waals surface area contributed by atoms with Gasteiger partial charge in [-0.3, -0.25) is 4.79 Å². The van der Waals surface area contributed by atoms with Gasteiger partial charge in [-0.15, -0.1) is 0 Å². The highest BCUT2D eigenvalue weighted by Crippen LogP contribution is 2.31. The molecule has 1 aromatic carbocycles. The van der Waals surface area contributed by atoms with Crippen LogP contribution < -0.4 is 10.3 Å². The average Bonchev–Trinajstić information content (AvgIpc) is 2.42. The van der Waals surface area contributed by atoms with Crippen molar-refractivity contribution in [1.29, 1.82) is 0 Å². The second kappa shape index (κ2) is 5.00.